The zero-order valence-electron chi connectivity index (χ0n) is 33.4. The molecular formula is C35H32O34. The molecule has 0 spiro atoms. The summed E-state index contributed by atoms with van der Waals surface area (Å²) in [6, 6.07) is 0. The van der Waals surface area contributed by atoms with E-state index in [0.717, 1.165) is 0 Å². The number of hydrogen-bond acceptors (Lipinski definition) is 17. The average Bonchev–Trinajstić information content (AvgIpc) is 3.60. The first kappa shape index (κ1) is 61.0. The molecule has 6 atom stereocenters. The molecule has 1 fully saturated rings. The molecule has 1 aliphatic carbocycles. The Labute approximate surface area is 376 Å². The van der Waals surface area contributed by atoms with Crippen molar-refractivity contribution in [2.45, 2.75) is 25.7 Å². The molecule has 0 saturated heterocycles. The molecule has 1 aliphatic rings. The van der Waals surface area contributed by atoms with Gasteiger partial charge < -0.3 is 86.8 Å². The van der Waals surface area contributed by atoms with Gasteiger partial charge in [-0.25, -0.2) is 38.4 Å². The van der Waals surface area contributed by atoms with Crippen LogP contribution in [0.1, 0.15) is 87.8 Å². The topological polar surface area (TPSA) is 634 Å². The normalized spacial score (nSPS) is 16.4. The number of rotatable bonds is 21. The van der Waals surface area contributed by atoms with Gasteiger partial charge in [-0.15, -0.1) is 0 Å². The molecule has 2 rings (SSSR count). The van der Waals surface area contributed by atoms with Gasteiger partial charge in [0, 0.05) is 6.08 Å². The fraction of sp³-hybridized carbons (Fsp3) is 0.286. The van der Waals surface area contributed by atoms with E-state index in [1.165, 1.54) is 0 Å². The maximum Gasteiger partial charge on any atom is 0.337 e. The lowest BCUT2D eigenvalue weighted by molar-refractivity contribution is -0.160. The Morgan fingerprint density at radius 1 is 0.377 bits per heavy atom. The average molecular weight is 997 g/mol. The smallest absolute Gasteiger partial charge is 0.337 e. The summed E-state index contributed by atoms with van der Waals surface area (Å²) in [5.41, 5.74) is -10.6. The molecule has 69 heavy (non-hydrogen) atoms. The van der Waals surface area contributed by atoms with Gasteiger partial charge in [0.25, 0.3) is 0 Å². The first-order valence-corrected chi connectivity index (χ1v) is 17.2. The van der Waals surface area contributed by atoms with Gasteiger partial charge in [-0.2, -0.15) is 0 Å². The van der Waals surface area contributed by atoms with Crippen molar-refractivity contribution >= 4 is 101 Å². The third-order valence-electron chi connectivity index (χ3n) is 8.57. The Morgan fingerprint density at radius 2 is 0.623 bits per heavy atom. The Bertz CT molecular complexity index is 2150. The number of carboxylic acids is 17. The van der Waals surface area contributed by atoms with Gasteiger partial charge in [0.05, 0.1) is 93.7 Å². The fourth-order valence-corrected chi connectivity index (χ4v) is 5.94. The van der Waals surface area contributed by atoms with Crippen LogP contribution in [-0.4, -0.2) is 188 Å². The minimum absolute atomic E-state index is 0.358. The number of carbonyl (C=O) groups is 17. The SMILES string of the molecule is O=C(O)/C=C(\CC(=O)O)C(=O)O.O=C(O)C1C[C@@H](C(=O)O)[C@@H](C(=O)O)C1C(=O)O.O=C(O)CC(C(=O)O)C(CC(=O)O)C(=O)O.O=C(O)c1c(C(=O)O)c(C(=O)O)c(C(=O)O)c(C(=O)O)c1C(=O)O. The third-order valence-corrected chi connectivity index (χ3v) is 8.57. The van der Waals surface area contributed by atoms with Crippen molar-refractivity contribution in [3.05, 3.63) is 45.0 Å². The fourth-order valence-electron chi connectivity index (χ4n) is 5.94. The Balaban J connectivity index is 0. The summed E-state index contributed by atoms with van der Waals surface area (Å²) >= 11 is 0. The van der Waals surface area contributed by atoms with Gasteiger partial charge >= 0.3 is 101 Å². The minimum atomic E-state index is -2.26. The number of carboxylic acid groups (broad SMARTS) is 17. The largest absolute Gasteiger partial charge is 0.481 e. The second-order valence-corrected chi connectivity index (χ2v) is 12.9. The molecule has 0 bridgehead atoms. The summed E-state index contributed by atoms with van der Waals surface area (Å²) in [4.78, 5) is 183. The predicted octanol–water partition coefficient (Wildman–Crippen LogP) is -2.04. The van der Waals surface area contributed by atoms with Crippen LogP contribution in [0.3, 0.4) is 0 Å². The minimum Gasteiger partial charge on any atom is -0.481 e. The van der Waals surface area contributed by atoms with Crippen molar-refractivity contribution in [2.24, 2.45) is 35.5 Å². The van der Waals surface area contributed by atoms with E-state index in [4.69, 9.17) is 86.8 Å². The molecule has 376 valence electrons. The van der Waals surface area contributed by atoms with E-state index in [-0.39, 0.29) is 0 Å². The van der Waals surface area contributed by atoms with Crippen LogP contribution in [0.4, 0.5) is 0 Å². The van der Waals surface area contributed by atoms with E-state index in [1.807, 2.05) is 0 Å². The van der Waals surface area contributed by atoms with Gasteiger partial charge in [-0.1, -0.05) is 0 Å². The van der Waals surface area contributed by atoms with Gasteiger partial charge in [-0.05, 0) is 6.42 Å². The first-order valence-electron chi connectivity index (χ1n) is 17.2. The highest BCUT2D eigenvalue weighted by molar-refractivity contribution is 6.23. The maximum absolute atomic E-state index is 11.2. The Hall–Kier alpha value is -10.1. The van der Waals surface area contributed by atoms with E-state index in [1.54, 1.807) is 0 Å². The molecule has 0 heterocycles. The van der Waals surface area contributed by atoms with E-state index in [9.17, 15) is 81.5 Å². The second-order valence-electron chi connectivity index (χ2n) is 12.9. The van der Waals surface area contributed by atoms with Crippen LogP contribution in [0.15, 0.2) is 11.6 Å². The highest BCUT2D eigenvalue weighted by Gasteiger charge is 2.56. The monoisotopic (exact) mass is 996 g/mol. The standard InChI is InChI=1S/C12H6O12.C9H10O8.C8H10O8.C6H6O6/c13-7(14)1-2(8(15)16)4(10(19)20)6(12(23)24)5(11(21)22)3(1)9(17)18;10-6(11)2-1-3(7(12)13)5(9(16)17)4(2)8(14)15;9-5(10)1-3(7(13)14)4(8(15)16)2-6(11)12;7-4(8)1-3(6(11)12)2-5(9)10/h(H,13,14)(H,15,16)(H,17,18)(H,19,20)(H,21,22)(H,23,24);2-5H,1H2,(H,10,11)(H,12,13)(H,14,15)(H,16,17);3-4H,1-2H2,(H,9,10)(H,11,12)(H,13,14)(H,15,16);1H,2H2,(H,7,8)(H,9,10)(H,11,12)/b;;;3-1+/t;2-,3?,4-,5?;;/m.1../s1. The van der Waals surface area contributed by atoms with Crippen LogP contribution in [-0.2, 0) is 52.7 Å². The van der Waals surface area contributed by atoms with Gasteiger partial charge in [-0.3, -0.25) is 43.2 Å². The summed E-state index contributed by atoms with van der Waals surface area (Å²) in [5, 5.41) is 148. The van der Waals surface area contributed by atoms with Gasteiger partial charge in [0.15, 0.2) is 0 Å². The van der Waals surface area contributed by atoms with Crippen LogP contribution in [0.2, 0.25) is 0 Å². The van der Waals surface area contributed by atoms with E-state index >= 15 is 0 Å². The van der Waals surface area contributed by atoms with Crippen molar-refractivity contribution in [3.8, 4) is 0 Å². The highest BCUT2D eigenvalue weighted by Crippen LogP contribution is 2.42. The quantitative estimate of drug-likeness (QED) is 0.0590. The molecule has 4 unspecified atom stereocenters. The molecule has 0 aromatic heterocycles. The lowest BCUT2D eigenvalue weighted by atomic mass is 9.86. The molecular weight excluding hydrogens is 964 g/mol. The maximum atomic E-state index is 11.2. The number of benzene rings is 1. The van der Waals surface area contributed by atoms with E-state index in [0.29, 0.717) is 6.08 Å². The summed E-state index contributed by atoms with van der Waals surface area (Å²) in [5.74, 6) is -40.4. The summed E-state index contributed by atoms with van der Waals surface area (Å²) in [7, 11) is 0. The predicted molar refractivity (Wildman–Crippen MR) is 200 cm³/mol. The molecule has 0 amide bonds. The third kappa shape index (κ3) is 17.5. The van der Waals surface area contributed by atoms with E-state index in [2.05, 4.69) is 0 Å². The van der Waals surface area contributed by atoms with Crippen molar-refractivity contribution < 1.29 is 168 Å². The molecule has 0 radical (unpaired) electrons. The van der Waals surface area contributed by atoms with Crippen LogP contribution in [0.25, 0.3) is 0 Å². The summed E-state index contributed by atoms with van der Waals surface area (Å²) in [6.45, 7) is 0. The Morgan fingerprint density at radius 3 is 0.754 bits per heavy atom. The van der Waals surface area contributed by atoms with Crippen molar-refractivity contribution in [1.82, 2.24) is 0 Å². The number of aliphatic carboxylic acids is 11. The van der Waals surface area contributed by atoms with Crippen LogP contribution < -0.4 is 0 Å². The molecule has 1 aromatic carbocycles. The Kier molecular flexibility index (Phi) is 23.0. The van der Waals surface area contributed by atoms with Crippen molar-refractivity contribution in [3.63, 3.8) is 0 Å². The molecule has 1 aromatic rings. The van der Waals surface area contributed by atoms with Gasteiger partial charge in [0.1, 0.15) is 0 Å². The highest BCUT2D eigenvalue weighted by atomic mass is 16.4. The number of hydrogen-bond donors (Lipinski definition) is 17. The second kappa shape index (κ2) is 26.0. The van der Waals surface area contributed by atoms with E-state index < -0.39 is 202 Å². The lowest BCUT2D eigenvalue weighted by Crippen LogP contribution is -2.35. The zero-order valence-corrected chi connectivity index (χ0v) is 33.4. The lowest BCUT2D eigenvalue weighted by Gasteiger charge is -2.16. The summed E-state index contributed by atoms with van der Waals surface area (Å²) in [6.07, 6.45) is -2.80. The van der Waals surface area contributed by atoms with Crippen molar-refractivity contribution in [1.29, 1.82) is 0 Å². The molecule has 1 saturated carbocycles. The first-order chi connectivity index (χ1) is 31.4. The molecule has 34 nitrogen and oxygen atoms in total. The van der Waals surface area contributed by atoms with Crippen molar-refractivity contribution in [2.75, 3.05) is 0 Å². The summed E-state index contributed by atoms with van der Waals surface area (Å²) < 4.78 is 0. The van der Waals surface area contributed by atoms with Crippen LogP contribution in [0, 0.1) is 35.5 Å². The molecule has 34 heteroatoms. The number of aromatic carboxylic acids is 6. The molecule has 0 aliphatic heterocycles. The van der Waals surface area contributed by atoms with Crippen LogP contribution in [0.5, 0.6) is 0 Å². The van der Waals surface area contributed by atoms with Crippen LogP contribution >= 0.6 is 0 Å². The van der Waals surface area contributed by atoms with Gasteiger partial charge in [0.2, 0.25) is 0 Å². The zero-order chi connectivity index (χ0) is 54.9. The molecule has 17 N–H and O–H groups in total.